The summed E-state index contributed by atoms with van der Waals surface area (Å²) in [6.45, 7) is 4.02. The third kappa shape index (κ3) is 2.80. The van der Waals surface area contributed by atoms with E-state index in [9.17, 15) is 4.79 Å². The molecule has 0 unspecified atom stereocenters. The van der Waals surface area contributed by atoms with Gasteiger partial charge in [0.05, 0.1) is 11.1 Å². The minimum absolute atomic E-state index is 0.0574. The highest BCUT2D eigenvalue weighted by atomic mass is 32.1. The molecule has 2 aromatic heterocycles. The van der Waals surface area contributed by atoms with Crippen LogP contribution in [0.15, 0.2) is 48.7 Å². The van der Waals surface area contributed by atoms with Crippen molar-refractivity contribution in [3.8, 4) is 11.5 Å². The van der Waals surface area contributed by atoms with Gasteiger partial charge in [-0.15, -0.1) is 11.3 Å². The summed E-state index contributed by atoms with van der Waals surface area (Å²) in [5.41, 5.74) is 2.81. The lowest BCUT2D eigenvalue weighted by Gasteiger charge is -2.09. The molecule has 5 heteroatoms. The van der Waals surface area contributed by atoms with Crippen molar-refractivity contribution in [2.75, 3.05) is 7.05 Å². The van der Waals surface area contributed by atoms with E-state index in [-0.39, 0.29) is 5.91 Å². The van der Waals surface area contributed by atoms with E-state index >= 15 is 0 Å². The molecule has 130 valence electrons. The Bertz CT molecular complexity index is 1150. The van der Waals surface area contributed by atoms with Crippen LogP contribution in [0.4, 0.5) is 0 Å². The summed E-state index contributed by atoms with van der Waals surface area (Å²) < 4.78 is 7.19. The van der Waals surface area contributed by atoms with Crippen LogP contribution >= 0.6 is 11.3 Å². The number of nitrogens with zero attached hydrogens (tertiary/aromatic N) is 1. The summed E-state index contributed by atoms with van der Waals surface area (Å²) in [6.07, 6.45) is 1.75. The van der Waals surface area contributed by atoms with E-state index in [0.29, 0.717) is 0 Å². The first-order chi connectivity index (χ1) is 12.6. The molecule has 0 spiro atoms. The monoisotopic (exact) mass is 362 g/mol. The molecule has 2 aromatic carbocycles. The van der Waals surface area contributed by atoms with Crippen LogP contribution in [0.2, 0.25) is 0 Å². The molecule has 0 radical (unpaired) electrons. The van der Waals surface area contributed by atoms with Gasteiger partial charge in [-0.25, -0.2) is 0 Å². The average Bonchev–Trinajstić information content (AvgIpc) is 2.96. The molecule has 4 rings (SSSR count). The largest absolute Gasteiger partial charge is 0.457 e. The molecule has 0 saturated carbocycles. The quantitative estimate of drug-likeness (QED) is 0.544. The molecular formula is C21H18N2O2S. The first kappa shape index (κ1) is 16.5. The second-order valence-electron chi connectivity index (χ2n) is 6.20. The Kier molecular flexibility index (Phi) is 4.09. The van der Waals surface area contributed by atoms with Crippen molar-refractivity contribution in [2.45, 2.75) is 13.8 Å². The SMILES string of the molecule is CNC(=O)c1c(C)sc2cc(Oc3ccnc4ccc(C)cc34)ccc12. The minimum atomic E-state index is -0.0574. The summed E-state index contributed by atoms with van der Waals surface area (Å²) in [5, 5.41) is 4.65. The molecule has 0 fully saturated rings. The molecule has 0 bridgehead atoms. The van der Waals surface area contributed by atoms with Crippen LogP contribution in [-0.4, -0.2) is 17.9 Å². The number of rotatable bonds is 3. The van der Waals surface area contributed by atoms with E-state index in [1.54, 1.807) is 24.6 Å². The Morgan fingerprint density at radius 3 is 2.73 bits per heavy atom. The summed E-state index contributed by atoms with van der Waals surface area (Å²) in [6, 6.07) is 13.8. The predicted molar refractivity (Wildman–Crippen MR) is 107 cm³/mol. The number of ether oxygens (including phenoxy) is 1. The van der Waals surface area contributed by atoms with Crippen molar-refractivity contribution in [1.29, 1.82) is 0 Å². The van der Waals surface area contributed by atoms with Crippen molar-refractivity contribution in [1.82, 2.24) is 10.3 Å². The lowest BCUT2D eigenvalue weighted by atomic mass is 10.1. The van der Waals surface area contributed by atoms with Crippen LogP contribution in [0, 0.1) is 13.8 Å². The van der Waals surface area contributed by atoms with Gasteiger partial charge in [0.25, 0.3) is 5.91 Å². The minimum Gasteiger partial charge on any atom is -0.457 e. The van der Waals surface area contributed by atoms with Gasteiger partial charge in [-0.05, 0) is 50.2 Å². The van der Waals surface area contributed by atoms with Crippen molar-refractivity contribution in [3.05, 3.63) is 64.7 Å². The highest BCUT2D eigenvalue weighted by molar-refractivity contribution is 7.19. The highest BCUT2D eigenvalue weighted by Gasteiger charge is 2.16. The maximum atomic E-state index is 12.1. The van der Waals surface area contributed by atoms with Crippen molar-refractivity contribution >= 4 is 38.2 Å². The molecule has 1 N–H and O–H groups in total. The number of nitrogens with one attached hydrogen (secondary N) is 1. The van der Waals surface area contributed by atoms with Crippen LogP contribution < -0.4 is 10.1 Å². The summed E-state index contributed by atoms with van der Waals surface area (Å²) >= 11 is 1.60. The molecular weight excluding hydrogens is 344 g/mol. The van der Waals surface area contributed by atoms with Crippen LogP contribution in [0.3, 0.4) is 0 Å². The van der Waals surface area contributed by atoms with E-state index in [1.807, 2.05) is 43.3 Å². The van der Waals surface area contributed by atoms with Crippen LogP contribution in [0.1, 0.15) is 20.8 Å². The fraction of sp³-hybridized carbons (Fsp3) is 0.143. The molecule has 0 aliphatic carbocycles. The number of aromatic nitrogens is 1. The third-order valence-electron chi connectivity index (χ3n) is 4.38. The first-order valence-corrected chi connectivity index (χ1v) is 9.17. The molecule has 0 atom stereocenters. The van der Waals surface area contributed by atoms with E-state index in [0.717, 1.165) is 48.5 Å². The summed E-state index contributed by atoms with van der Waals surface area (Å²) in [4.78, 5) is 17.5. The first-order valence-electron chi connectivity index (χ1n) is 8.35. The van der Waals surface area contributed by atoms with Gasteiger partial charge < -0.3 is 10.1 Å². The number of carbonyl (C=O) groups is 1. The Balaban J connectivity index is 1.77. The predicted octanol–water partition coefficient (Wildman–Crippen LogP) is 5.22. The van der Waals surface area contributed by atoms with E-state index in [1.165, 1.54) is 0 Å². The molecule has 4 aromatic rings. The van der Waals surface area contributed by atoms with E-state index in [2.05, 4.69) is 23.3 Å². The van der Waals surface area contributed by atoms with Crippen LogP contribution in [0.5, 0.6) is 11.5 Å². The Morgan fingerprint density at radius 2 is 1.92 bits per heavy atom. The van der Waals surface area contributed by atoms with Crippen LogP contribution in [0.25, 0.3) is 21.0 Å². The standard InChI is InChI=1S/C21H18N2O2S/c1-12-4-7-17-16(10-12)18(8-9-23-17)25-14-5-6-15-19(11-14)26-13(2)20(15)21(24)22-3/h4-11H,1-3H3,(H,22,24). The number of pyridine rings is 1. The highest BCUT2D eigenvalue weighted by Crippen LogP contribution is 2.36. The fourth-order valence-electron chi connectivity index (χ4n) is 3.12. The smallest absolute Gasteiger partial charge is 0.252 e. The van der Waals surface area contributed by atoms with Gasteiger partial charge in [0.2, 0.25) is 0 Å². The van der Waals surface area contributed by atoms with Gasteiger partial charge in [-0.1, -0.05) is 11.6 Å². The third-order valence-corrected chi connectivity index (χ3v) is 5.44. The number of aryl methyl sites for hydroxylation is 2. The summed E-state index contributed by atoms with van der Waals surface area (Å²) in [5.74, 6) is 1.46. The lowest BCUT2D eigenvalue weighted by Crippen LogP contribution is -2.18. The topological polar surface area (TPSA) is 51.2 Å². The zero-order chi connectivity index (χ0) is 18.3. The van der Waals surface area contributed by atoms with Crippen molar-refractivity contribution in [3.63, 3.8) is 0 Å². The normalized spacial score (nSPS) is 11.0. The number of benzene rings is 2. The van der Waals surface area contributed by atoms with Gasteiger partial charge in [-0.2, -0.15) is 0 Å². The second kappa shape index (κ2) is 6.42. The fourth-order valence-corrected chi connectivity index (χ4v) is 4.21. The van der Waals surface area contributed by atoms with Crippen molar-refractivity contribution < 1.29 is 9.53 Å². The summed E-state index contributed by atoms with van der Waals surface area (Å²) in [7, 11) is 1.65. The van der Waals surface area contributed by atoms with E-state index in [4.69, 9.17) is 4.74 Å². The maximum absolute atomic E-state index is 12.1. The number of carbonyl (C=O) groups excluding carboxylic acids is 1. The molecule has 1 amide bonds. The average molecular weight is 362 g/mol. The Hall–Kier alpha value is -2.92. The molecule has 2 heterocycles. The zero-order valence-electron chi connectivity index (χ0n) is 14.8. The maximum Gasteiger partial charge on any atom is 0.252 e. The van der Waals surface area contributed by atoms with Crippen molar-refractivity contribution in [2.24, 2.45) is 0 Å². The molecule has 4 nitrogen and oxygen atoms in total. The molecule has 26 heavy (non-hydrogen) atoms. The van der Waals surface area contributed by atoms with E-state index < -0.39 is 0 Å². The lowest BCUT2D eigenvalue weighted by molar-refractivity contribution is 0.0964. The van der Waals surface area contributed by atoms with Gasteiger partial charge >= 0.3 is 0 Å². The number of hydrogen-bond acceptors (Lipinski definition) is 4. The van der Waals surface area contributed by atoms with Gasteiger partial charge in [0.1, 0.15) is 11.5 Å². The van der Waals surface area contributed by atoms with Crippen LogP contribution in [-0.2, 0) is 0 Å². The molecule has 0 aliphatic rings. The van der Waals surface area contributed by atoms with Gasteiger partial charge in [0, 0.05) is 33.6 Å². The number of amides is 1. The molecule has 0 saturated heterocycles. The Morgan fingerprint density at radius 1 is 1.08 bits per heavy atom. The number of fused-ring (bicyclic) bond motifs is 2. The number of thiophene rings is 1. The van der Waals surface area contributed by atoms with Gasteiger partial charge in [-0.3, -0.25) is 9.78 Å². The van der Waals surface area contributed by atoms with Gasteiger partial charge in [0.15, 0.2) is 0 Å². The Labute approximate surface area is 155 Å². The molecule has 0 aliphatic heterocycles. The second-order valence-corrected chi connectivity index (χ2v) is 7.46. The zero-order valence-corrected chi connectivity index (χ0v) is 15.6. The number of hydrogen-bond donors (Lipinski definition) is 1.